The molecule has 1 heterocycles. The SMILES string of the molecule is C[C@@H](OC(=O)c1cc2ccccc2s1)C(=O)NC(=O)NCc1ccccc1. The maximum Gasteiger partial charge on any atom is 0.349 e. The van der Waals surface area contributed by atoms with Crippen LogP contribution in [0.2, 0.25) is 0 Å². The number of carbonyl (C=O) groups is 3. The van der Waals surface area contributed by atoms with Crippen LogP contribution in [0.4, 0.5) is 4.79 Å². The van der Waals surface area contributed by atoms with E-state index >= 15 is 0 Å². The number of benzene rings is 2. The van der Waals surface area contributed by atoms with Crippen molar-refractivity contribution in [2.45, 2.75) is 19.6 Å². The Hall–Kier alpha value is -3.19. The molecule has 7 heteroatoms. The quantitative estimate of drug-likeness (QED) is 0.662. The summed E-state index contributed by atoms with van der Waals surface area (Å²) in [5.41, 5.74) is 0.907. The maximum atomic E-state index is 12.2. The summed E-state index contributed by atoms with van der Waals surface area (Å²) >= 11 is 1.29. The number of ether oxygens (including phenoxy) is 1. The summed E-state index contributed by atoms with van der Waals surface area (Å²) in [5, 5.41) is 5.69. The molecular formula is C20H18N2O4S. The van der Waals surface area contributed by atoms with Crippen LogP contribution in [0.3, 0.4) is 0 Å². The van der Waals surface area contributed by atoms with Crippen LogP contribution in [0.25, 0.3) is 10.1 Å². The van der Waals surface area contributed by atoms with Gasteiger partial charge in [0.15, 0.2) is 6.10 Å². The molecule has 0 aliphatic carbocycles. The highest BCUT2D eigenvalue weighted by Crippen LogP contribution is 2.26. The predicted molar refractivity (Wildman–Crippen MR) is 104 cm³/mol. The minimum absolute atomic E-state index is 0.288. The summed E-state index contributed by atoms with van der Waals surface area (Å²) in [6.45, 7) is 1.71. The van der Waals surface area contributed by atoms with Crippen molar-refractivity contribution in [2.75, 3.05) is 0 Å². The first kappa shape index (κ1) is 18.6. The highest BCUT2D eigenvalue weighted by molar-refractivity contribution is 7.20. The van der Waals surface area contributed by atoms with Gasteiger partial charge in [0, 0.05) is 11.2 Å². The van der Waals surface area contributed by atoms with Gasteiger partial charge in [-0.05, 0) is 30.0 Å². The van der Waals surface area contributed by atoms with Gasteiger partial charge < -0.3 is 10.1 Å². The zero-order chi connectivity index (χ0) is 19.2. The van der Waals surface area contributed by atoms with E-state index in [1.165, 1.54) is 18.3 Å². The molecule has 6 nitrogen and oxygen atoms in total. The van der Waals surface area contributed by atoms with Gasteiger partial charge in [0.05, 0.1) is 0 Å². The lowest BCUT2D eigenvalue weighted by molar-refractivity contribution is -0.127. The van der Waals surface area contributed by atoms with Gasteiger partial charge in [-0.25, -0.2) is 9.59 Å². The lowest BCUT2D eigenvalue weighted by Crippen LogP contribution is -2.44. The Kier molecular flexibility index (Phi) is 5.83. The Morgan fingerprint density at radius 3 is 2.48 bits per heavy atom. The number of thiophene rings is 1. The van der Waals surface area contributed by atoms with Crippen LogP contribution < -0.4 is 10.6 Å². The second kappa shape index (κ2) is 8.46. The molecule has 2 aromatic carbocycles. The number of hydrogen-bond donors (Lipinski definition) is 2. The number of nitrogens with one attached hydrogen (secondary N) is 2. The van der Waals surface area contributed by atoms with E-state index in [1.807, 2.05) is 54.6 Å². The molecule has 0 fully saturated rings. The lowest BCUT2D eigenvalue weighted by atomic mass is 10.2. The van der Waals surface area contributed by atoms with Crippen LogP contribution in [-0.2, 0) is 16.1 Å². The van der Waals surface area contributed by atoms with Crippen LogP contribution >= 0.6 is 11.3 Å². The normalized spacial score (nSPS) is 11.6. The first-order chi connectivity index (χ1) is 13.0. The first-order valence-corrected chi connectivity index (χ1v) is 9.17. The van der Waals surface area contributed by atoms with E-state index < -0.39 is 24.0 Å². The molecule has 0 radical (unpaired) electrons. The van der Waals surface area contributed by atoms with E-state index in [0.29, 0.717) is 4.88 Å². The molecule has 0 spiro atoms. The molecule has 2 N–H and O–H groups in total. The minimum atomic E-state index is -1.09. The molecule has 27 heavy (non-hydrogen) atoms. The molecule has 0 unspecified atom stereocenters. The molecule has 0 aliphatic heterocycles. The molecule has 138 valence electrons. The standard InChI is InChI=1S/C20H18N2O4S/c1-13(18(23)22-20(25)21-12-14-7-3-2-4-8-14)26-19(24)17-11-15-9-5-6-10-16(15)27-17/h2-11,13H,12H2,1H3,(H2,21,22,23,25)/t13-/m1/s1. The summed E-state index contributed by atoms with van der Waals surface area (Å²) in [6, 6.07) is 18.0. The van der Waals surface area contributed by atoms with Gasteiger partial charge >= 0.3 is 12.0 Å². The molecule has 0 saturated heterocycles. The van der Waals surface area contributed by atoms with Crippen molar-refractivity contribution < 1.29 is 19.1 Å². The fourth-order valence-corrected chi connectivity index (χ4v) is 3.34. The summed E-state index contributed by atoms with van der Waals surface area (Å²) < 4.78 is 6.13. The van der Waals surface area contributed by atoms with Gasteiger partial charge in [0.1, 0.15) is 4.88 Å². The van der Waals surface area contributed by atoms with E-state index in [4.69, 9.17) is 4.74 Å². The third-order valence-corrected chi connectivity index (χ3v) is 4.91. The zero-order valence-corrected chi connectivity index (χ0v) is 15.4. The molecule has 0 saturated carbocycles. The van der Waals surface area contributed by atoms with E-state index in [1.54, 1.807) is 6.07 Å². The summed E-state index contributed by atoms with van der Waals surface area (Å²) in [5.74, 6) is -1.28. The van der Waals surface area contributed by atoms with E-state index in [0.717, 1.165) is 15.6 Å². The van der Waals surface area contributed by atoms with Crippen LogP contribution in [0, 0.1) is 0 Å². The number of fused-ring (bicyclic) bond motifs is 1. The Bertz CT molecular complexity index is 935. The largest absolute Gasteiger partial charge is 0.448 e. The van der Waals surface area contributed by atoms with Gasteiger partial charge in [0.2, 0.25) is 0 Å². The second-order valence-electron chi connectivity index (χ2n) is 5.85. The van der Waals surface area contributed by atoms with Gasteiger partial charge in [-0.1, -0.05) is 48.5 Å². The number of carbonyl (C=O) groups excluding carboxylic acids is 3. The average molecular weight is 382 g/mol. The maximum absolute atomic E-state index is 12.2. The Morgan fingerprint density at radius 2 is 1.74 bits per heavy atom. The third kappa shape index (κ3) is 4.92. The summed E-state index contributed by atoms with van der Waals surface area (Å²) in [4.78, 5) is 36.5. The Balaban J connectivity index is 1.50. The van der Waals surface area contributed by atoms with Gasteiger partial charge in [0.25, 0.3) is 5.91 Å². The van der Waals surface area contributed by atoms with Crippen molar-refractivity contribution in [3.8, 4) is 0 Å². The molecule has 0 bridgehead atoms. The second-order valence-corrected chi connectivity index (χ2v) is 6.94. The van der Waals surface area contributed by atoms with Crippen LogP contribution in [0.15, 0.2) is 60.7 Å². The monoisotopic (exact) mass is 382 g/mol. The van der Waals surface area contributed by atoms with E-state index in [2.05, 4.69) is 10.6 Å². The van der Waals surface area contributed by atoms with Gasteiger partial charge in [-0.3, -0.25) is 10.1 Å². The Morgan fingerprint density at radius 1 is 1.04 bits per heavy atom. The molecule has 0 aliphatic rings. The zero-order valence-electron chi connectivity index (χ0n) is 14.6. The number of imide groups is 1. The molecule has 3 rings (SSSR count). The van der Waals surface area contributed by atoms with Crippen LogP contribution in [-0.4, -0.2) is 24.0 Å². The predicted octanol–water partition coefficient (Wildman–Crippen LogP) is 3.47. The number of rotatable bonds is 5. The minimum Gasteiger partial charge on any atom is -0.448 e. The van der Waals surface area contributed by atoms with Crippen molar-refractivity contribution in [1.29, 1.82) is 0 Å². The first-order valence-electron chi connectivity index (χ1n) is 8.35. The highest BCUT2D eigenvalue weighted by Gasteiger charge is 2.22. The van der Waals surface area contributed by atoms with E-state index in [9.17, 15) is 14.4 Å². The molecule has 3 amide bonds. The molecule has 1 atom stereocenters. The van der Waals surface area contributed by atoms with Crippen molar-refractivity contribution in [1.82, 2.24) is 10.6 Å². The highest BCUT2D eigenvalue weighted by atomic mass is 32.1. The topological polar surface area (TPSA) is 84.5 Å². The lowest BCUT2D eigenvalue weighted by Gasteiger charge is -2.12. The molecular weight excluding hydrogens is 364 g/mol. The third-order valence-electron chi connectivity index (χ3n) is 3.81. The smallest absolute Gasteiger partial charge is 0.349 e. The summed E-state index contributed by atoms with van der Waals surface area (Å²) in [7, 11) is 0. The Labute approximate surface area is 160 Å². The van der Waals surface area contributed by atoms with Crippen molar-refractivity contribution in [3.63, 3.8) is 0 Å². The molecule has 3 aromatic rings. The average Bonchev–Trinajstić information content (AvgIpc) is 3.11. The number of esters is 1. The fraction of sp³-hybridized carbons (Fsp3) is 0.150. The number of urea groups is 1. The fourth-order valence-electron chi connectivity index (χ4n) is 2.39. The van der Waals surface area contributed by atoms with Gasteiger partial charge in [-0.15, -0.1) is 11.3 Å². The van der Waals surface area contributed by atoms with E-state index in [-0.39, 0.29) is 6.54 Å². The van der Waals surface area contributed by atoms with Crippen LogP contribution in [0.5, 0.6) is 0 Å². The number of hydrogen-bond acceptors (Lipinski definition) is 5. The van der Waals surface area contributed by atoms with Crippen molar-refractivity contribution in [3.05, 3.63) is 71.1 Å². The van der Waals surface area contributed by atoms with Crippen molar-refractivity contribution >= 4 is 39.3 Å². The van der Waals surface area contributed by atoms with Gasteiger partial charge in [-0.2, -0.15) is 0 Å². The molecule has 1 aromatic heterocycles. The summed E-state index contributed by atoms with van der Waals surface area (Å²) in [6.07, 6.45) is -1.09. The van der Waals surface area contributed by atoms with Crippen LogP contribution in [0.1, 0.15) is 22.2 Å². The number of amides is 3. The van der Waals surface area contributed by atoms with Crippen molar-refractivity contribution in [2.24, 2.45) is 0 Å².